The highest BCUT2D eigenvalue weighted by Gasteiger charge is 2.35. The first kappa shape index (κ1) is 18.2. The Bertz CT molecular complexity index is 590. The Morgan fingerprint density at radius 3 is 2.32 bits per heavy atom. The lowest BCUT2D eigenvalue weighted by atomic mass is 9.79. The van der Waals surface area contributed by atoms with E-state index < -0.39 is 0 Å². The summed E-state index contributed by atoms with van der Waals surface area (Å²) in [5, 5.41) is 0. The first-order valence-electron chi connectivity index (χ1n) is 9.53. The maximum absolute atomic E-state index is 12.8. The van der Waals surface area contributed by atoms with Crippen molar-refractivity contribution < 1.29 is 4.79 Å². The van der Waals surface area contributed by atoms with Crippen LogP contribution in [-0.4, -0.2) is 67.6 Å². The van der Waals surface area contributed by atoms with Crippen LogP contribution in [-0.2, 0) is 0 Å². The first-order valence-corrected chi connectivity index (χ1v) is 9.53. The molecule has 2 aliphatic rings. The fourth-order valence-electron chi connectivity index (χ4n) is 3.87. The molecule has 0 aromatic heterocycles. The maximum Gasteiger partial charge on any atom is 0.253 e. The summed E-state index contributed by atoms with van der Waals surface area (Å²) in [5.74, 6) is 0.127. The quantitative estimate of drug-likeness (QED) is 0.912. The molecule has 2 heterocycles. The highest BCUT2D eigenvalue weighted by atomic mass is 16.2. The van der Waals surface area contributed by atoms with E-state index >= 15 is 0 Å². The molecule has 1 unspecified atom stereocenters. The Balaban J connectivity index is 1.63. The van der Waals surface area contributed by atoms with Crippen molar-refractivity contribution in [2.45, 2.75) is 33.2 Å². The Hall–Kier alpha value is -1.59. The molecule has 2 N–H and O–H groups in total. The van der Waals surface area contributed by atoms with E-state index in [1.165, 1.54) is 5.69 Å². The minimum Gasteiger partial charge on any atom is -0.369 e. The molecule has 1 aromatic rings. The van der Waals surface area contributed by atoms with Crippen molar-refractivity contribution in [2.24, 2.45) is 11.1 Å². The smallest absolute Gasteiger partial charge is 0.253 e. The summed E-state index contributed by atoms with van der Waals surface area (Å²) in [6.45, 7) is 13.4. The normalized spacial score (nSPS) is 24.4. The number of carbonyl (C=O) groups excluding carboxylic acids is 1. The molecular formula is C20H32N4O. The molecule has 2 fully saturated rings. The van der Waals surface area contributed by atoms with Crippen LogP contribution in [0.1, 0.15) is 37.6 Å². The van der Waals surface area contributed by atoms with E-state index in [1.54, 1.807) is 0 Å². The first-order chi connectivity index (χ1) is 11.9. The van der Waals surface area contributed by atoms with Gasteiger partial charge in [-0.05, 0) is 42.6 Å². The van der Waals surface area contributed by atoms with Gasteiger partial charge in [-0.1, -0.05) is 20.8 Å². The number of rotatable bonds is 3. The number of carbonyl (C=O) groups is 1. The highest BCUT2D eigenvalue weighted by Crippen LogP contribution is 2.29. The van der Waals surface area contributed by atoms with Crippen molar-refractivity contribution in [2.75, 3.05) is 50.7 Å². The number of nitrogens with zero attached hydrogens (tertiary/aromatic N) is 3. The van der Waals surface area contributed by atoms with Crippen molar-refractivity contribution in [1.82, 2.24) is 9.80 Å². The van der Waals surface area contributed by atoms with E-state index in [9.17, 15) is 4.79 Å². The standard InChI is InChI=1S/C20H32N4O/c1-4-22-11-13-23(14-12-22)17-7-5-16(6-8-17)19(25)24-10-9-18(21)20(2,3)15-24/h5-8,18H,4,9-15,21H2,1-3H3. The van der Waals surface area contributed by atoms with Crippen LogP contribution in [0, 0.1) is 5.41 Å². The van der Waals surface area contributed by atoms with Crippen LogP contribution in [0.25, 0.3) is 0 Å². The third-order valence-electron chi connectivity index (χ3n) is 5.90. The molecule has 138 valence electrons. The Morgan fingerprint density at radius 2 is 1.76 bits per heavy atom. The fourth-order valence-corrected chi connectivity index (χ4v) is 3.87. The third kappa shape index (κ3) is 3.98. The molecule has 0 spiro atoms. The van der Waals surface area contributed by atoms with E-state index in [4.69, 9.17) is 5.73 Å². The molecule has 0 radical (unpaired) electrons. The average molecular weight is 345 g/mol. The van der Waals surface area contributed by atoms with Gasteiger partial charge in [-0.25, -0.2) is 0 Å². The molecule has 3 rings (SSSR count). The number of amides is 1. The molecule has 2 aliphatic heterocycles. The maximum atomic E-state index is 12.8. The van der Waals surface area contributed by atoms with Gasteiger partial charge in [0.2, 0.25) is 0 Å². The van der Waals surface area contributed by atoms with Crippen LogP contribution in [0.2, 0.25) is 0 Å². The second-order valence-electron chi connectivity index (χ2n) is 8.08. The van der Waals surface area contributed by atoms with Crippen molar-refractivity contribution in [3.05, 3.63) is 29.8 Å². The lowest BCUT2D eigenvalue weighted by Gasteiger charge is -2.42. The van der Waals surface area contributed by atoms with Gasteiger partial charge < -0.3 is 20.4 Å². The van der Waals surface area contributed by atoms with E-state index in [2.05, 4.69) is 42.7 Å². The summed E-state index contributed by atoms with van der Waals surface area (Å²) in [4.78, 5) is 19.7. The number of hydrogen-bond donors (Lipinski definition) is 1. The number of piperidine rings is 1. The average Bonchev–Trinajstić information content (AvgIpc) is 2.63. The summed E-state index contributed by atoms with van der Waals surface area (Å²) in [6.07, 6.45) is 0.874. The van der Waals surface area contributed by atoms with Crippen LogP contribution in [0.4, 0.5) is 5.69 Å². The van der Waals surface area contributed by atoms with Gasteiger partial charge in [-0.2, -0.15) is 0 Å². The zero-order valence-electron chi connectivity index (χ0n) is 15.9. The molecule has 0 aliphatic carbocycles. The summed E-state index contributed by atoms with van der Waals surface area (Å²) in [7, 11) is 0. The van der Waals surface area contributed by atoms with Crippen molar-refractivity contribution >= 4 is 11.6 Å². The molecule has 5 nitrogen and oxygen atoms in total. The second-order valence-corrected chi connectivity index (χ2v) is 8.08. The Kier molecular flexibility index (Phi) is 5.35. The summed E-state index contributed by atoms with van der Waals surface area (Å²) < 4.78 is 0. The number of likely N-dealkylation sites (tertiary alicyclic amines) is 1. The summed E-state index contributed by atoms with van der Waals surface area (Å²) in [6, 6.07) is 8.31. The van der Waals surface area contributed by atoms with Gasteiger partial charge in [-0.15, -0.1) is 0 Å². The predicted octanol–water partition coefficient (Wildman–Crippen LogP) is 2.03. The number of likely N-dealkylation sites (N-methyl/N-ethyl adjacent to an activating group) is 1. The lowest BCUT2D eigenvalue weighted by molar-refractivity contribution is 0.0533. The van der Waals surface area contributed by atoms with Gasteiger partial charge >= 0.3 is 0 Å². The molecule has 2 saturated heterocycles. The van der Waals surface area contributed by atoms with E-state index in [0.29, 0.717) is 0 Å². The topological polar surface area (TPSA) is 52.8 Å². The fraction of sp³-hybridized carbons (Fsp3) is 0.650. The zero-order valence-corrected chi connectivity index (χ0v) is 15.9. The molecule has 25 heavy (non-hydrogen) atoms. The van der Waals surface area contributed by atoms with E-state index in [0.717, 1.165) is 57.8 Å². The van der Waals surface area contributed by atoms with Gasteiger partial charge in [0.1, 0.15) is 0 Å². The minimum absolute atomic E-state index is 0.0210. The monoisotopic (exact) mass is 344 g/mol. The number of benzene rings is 1. The SMILES string of the molecule is CCN1CCN(c2ccc(C(=O)N3CCC(N)C(C)(C)C3)cc2)CC1. The zero-order chi connectivity index (χ0) is 18.0. The molecular weight excluding hydrogens is 312 g/mol. The van der Waals surface area contributed by atoms with Gasteiger partial charge in [0.25, 0.3) is 5.91 Å². The highest BCUT2D eigenvalue weighted by molar-refractivity contribution is 5.94. The largest absolute Gasteiger partial charge is 0.369 e. The van der Waals surface area contributed by atoms with Gasteiger partial charge in [0.15, 0.2) is 0 Å². The van der Waals surface area contributed by atoms with Crippen LogP contribution >= 0.6 is 0 Å². The van der Waals surface area contributed by atoms with Gasteiger partial charge in [0.05, 0.1) is 0 Å². The van der Waals surface area contributed by atoms with E-state index in [1.807, 2.05) is 17.0 Å². The molecule has 1 amide bonds. The van der Waals surface area contributed by atoms with Crippen LogP contribution in [0.3, 0.4) is 0 Å². The van der Waals surface area contributed by atoms with Gasteiger partial charge in [-0.3, -0.25) is 4.79 Å². The van der Waals surface area contributed by atoms with Crippen LogP contribution < -0.4 is 10.6 Å². The van der Waals surface area contributed by atoms with E-state index in [-0.39, 0.29) is 17.4 Å². The number of piperazine rings is 1. The predicted molar refractivity (Wildman–Crippen MR) is 103 cm³/mol. The molecule has 0 bridgehead atoms. The Morgan fingerprint density at radius 1 is 1.12 bits per heavy atom. The molecule has 1 aromatic carbocycles. The van der Waals surface area contributed by atoms with Gasteiger partial charge in [0, 0.05) is 56.6 Å². The second kappa shape index (κ2) is 7.34. The summed E-state index contributed by atoms with van der Waals surface area (Å²) >= 11 is 0. The number of hydrogen-bond acceptors (Lipinski definition) is 4. The van der Waals surface area contributed by atoms with Crippen LogP contribution in [0.15, 0.2) is 24.3 Å². The lowest BCUT2D eigenvalue weighted by Crippen LogP contribution is -2.54. The summed E-state index contributed by atoms with van der Waals surface area (Å²) in [5.41, 5.74) is 8.16. The van der Waals surface area contributed by atoms with Crippen molar-refractivity contribution in [3.63, 3.8) is 0 Å². The third-order valence-corrected chi connectivity index (χ3v) is 5.90. The van der Waals surface area contributed by atoms with Crippen LogP contribution in [0.5, 0.6) is 0 Å². The molecule has 1 atom stereocenters. The number of nitrogens with two attached hydrogens (primary N) is 1. The number of anilines is 1. The Labute approximate surface area is 151 Å². The molecule has 0 saturated carbocycles. The minimum atomic E-state index is -0.0210. The van der Waals surface area contributed by atoms with Crippen molar-refractivity contribution in [3.8, 4) is 0 Å². The van der Waals surface area contributed by atoms with Crippen molar-refractivity contribution in [1.29, 1.82) is 0 Å². The molecule has 5 heteroatoms.